The third kappa shape index (κ3) is 4.35. The van der Waals surface area contributed by atoms with Crippen LogP contribution in [-0.2, 0) is 17.5 Å². The van der Waals surface area contributed by atoms with Crippen LogP contribution >= 0.6 is 0 Å². The molecular weight excluding hydrogens is 329 g/mol. The normalized spacial score (nSPS) is 24.6. The molecule has 6 heteroatoms. The second-order valence-corrected chi connectivity index (χ2v) is 7.49. The molecule has 0 bridgehead atoms. The summed E-state index contributed by atoms with van der Waals surface area (Å²) >= 11 is 0. The SMILES string of the molecule is CC1CC1C(=O)N1CCC(N(C)Cc2cccc(C(F)(F)F)c2)CC1. The van der Waals surface area contributed by atoms with Crippen molar-refractivity contribution in [2.45, 2.75) is 44.9 Å². The highest BCUT2D eigenvalue weighted by Crippen LogP contribution is 2.39. The zero-order chi connectivity index (χ0) is 18.2. The number of alkyl halides is 3. The number of hydrogen-bond donors (Lipinski definition) is 0. The van der Waals surface area contributed by atoms with Crippen LogP contribution in [0.5, 0.6) is 0 Å². The van der Waals surface area contributed by atoms with Crippen LogP contribution in [-0.4, -0.2) is 41.9 Å². The molecule has 0 aromatic heterocycles. The Kier molecular flexibility index (Phi) is 5.09. The third-order valence-electron chi connectivity index (χ3n) is 5.51. The van der Waals surface area contributed by atoms with Gasteiger partial charge in [0.1, 0.15) is 0 Å². The molecule has 1 amide bonds. The lowest BCUT2D eigenvalue weighted by Gasteiger charge is -2.37. The zero-order valence-electron chi connectivity index (χ0n) is 14.7. The van der Waals surface area contributed by atoms with Crippen LogP contribution in [0.3, 0.4) is 0 Å². The minimum atomic E-state index is -4.31. The van der Waals surface area contributed by atoms with Gasteiger partial charge in [0, 0.05) is 31.6 Å². The van der Waals surface area contributed by atoms with Crippen molar-refractivity contribution in [3.63, 3.8) is 0 Å². The molecule has 3 nitrogen and oxygen atoms in total. The number of rotatable bonds is 4. The first-order valence-corrected chi connectivity index (χ1v) is 8.91. The quantitative estimate of drug-likeness (QED) is 0.821. The molecule has 2 fully saturated rings. The van der Waals surface area contributed by atoms with E-state index in [-0.39, 0.29) is 11.8 Å². The van der Waals surface area contributed by atoms with Crippen molar-refractivity contribution in [1.82, 2.24) is 9.80 Å². The summed E-state index contributed by atoms with van der Waals surface area (Å²) < 4.78 is 38.5. The first kappa shape index (κ1) is 18.2. The van der Waals surface area contributed by atoms with Crippen molar-refractivity contribution in [3.8, 4) is 0 Å². The smallest absolute Gasteiger partial charge is 0.342 e. The second kappa shape index (κ2) is 6.98. The average molecular weight is 354 g/mol. The summed E-state index contributed by atoms with van der Waals surface area (Å²) in [7, 11) is 1.95. The molecule has 2 unspecified atom stereocenters. The summed E-state index contributed by atoms with van der Waals surface area (Å²) in [6.45, 7) is 4.10. The van der Waals surface area contributed by atoms with Crippen LogP contribution in [0.2, 0.25) is 0 Å². The topological polar surface area (TPSA) is 23.6 Å². The fourth-order valence-electron chi connectivity index (χ4n) is 3.69. The van der Waals surface area contributed by atoms with Gasteiger partial charge in [0.05, 0.1) is 5.56 Å². The van der Waals surface area contributed by atoms with E-state index in [0.29, 0.717) is 24.1 Å². The van der Waals surface area contributed by atoms with Gasteiger partial charge in [-0.25, -0.2) is 0 Å². The predicted octanol–water partition coefficient (Wildman–Crippen LogP) is 3.78. The van der Waals surface area contributed by atoms with E-state index in [1.54, 1.807) is 6.07 Å². The lowest BCUT2D eigenvalue weighted by atomic mass is 10.0. The zero-order valence-corrected chi connectivity index (χ0v) is 14.7. The van der Waals surface area contributed by atoms with Crippen molar-refractivity contribution in [2.75, 3.05) is 20.1 Å². The number of carbonyl (C=O) groups excluding carboxylic acids is 1. The highest BCUT2D eigenvalue weighted by atomic mass is 19.4. The Hall–Kier alpha value is -1.56. The van der Waals surface area contributed by atoms with E-state index >= 15 is 0 Å². The van der Waals surface area contributed by atoms with E-state index in [4.69, 9.17) is 0 Å². The molecular formula is C19H25F3N2O. The summed E-state index contributed by atoms with van der Waals surface area (Å²) in [4.78, 5) is 16.3. The molecule has 1 heterocycles. The van der Waals surface area contributed by atoms with Gasteiger partial charge in [-0.05, 0) is 43.9 Å². The van der Waals surface area contributed by atoms with Gasteiger partial charge in [-0.15, -0.1) is 0 Å². The Morgan fingerprint density at radius 3 is 2.48 bits per heavy atom. The van der Waals surface area contributed by atoms with Gasteiger partial charge in [-0.3, -0.25) is 9.69 Å². The van der Waals surface area contributed by atoms with Crippen molar-refractivity contribution in [2.24, 2.45) is 11.8 Å². The third-order valence-corrected chi connectivity index (χ3v) is 5.51. The molecule has 138 valence electrons. The van der Waals surface area contributed by atoms with E-state index < -0.39 is 11.7 Å². The number of amides is 1. The van der Waals surface area contributed by atoms with Crippen LogP contribution in [0.4, 0.5) is 13.2 Å². The first-order chi connectivity index (χ1) is 11.8. The summed E-state index contributed by atoms with van der Waals surface area (Å²) in [6.07, 6.45) is -1.54. The highest BCUT2D eigenvalue weighted by molar-refractivity contribution is 5.81. The summed E-state index contributed by atoms with van der Waals surface area (Å²) in [5, 5.41) is 0. The average Bonchev–Trinajstić information content (AvgIpc) is 3.30. The van der Waals surface area contributed by atoms with E-state index in [0.717, 1.165) is 38.4 Å². The minimum absolute atomic E-state index is 0.222. The molecule has 1 saturated carbocycles. The molecule has 2 aliphatic rings. The maximum absolute atomic E-state index is 12.8. The number of nitrogens with zero attached hydrogens (tertiary/aromatic N) is 2. The molecule has 0 radical (unpaired) electrons. The Morgan fingerprint density at radius 2 is 1.92 bits per heavy atom. The van der Waals surface area contributed by atoms with Crippen LogP contribution in [0.15, 0.2) is 24.3 Å². The molecule has 2 atom stereocenters. The van der Waals surface area contributed by atoms with Gasteiger partial charge in [-0.1, -0.05) is 25.1 Å². The maximum Gasteiger partial charge on any atom is 0.416 e. The molecule has 1 saturated heterocycles. The number of halogens is 3. The number of piperidine rings is 1. The molecule has 0 N–H and O–H groups in total. The van der Waals surface area contributed by atoms with Crippen LogP contribution < -0.4 is 0 Å². The molecule has 1 aliphatic carbocycles. The lowest BCUT2D eigenvalue weighted by Crippen LogP contribution is -2.45. The highest BCUT2D eigenvalue weighted by Gasteiger charge is 2.42. The number of benzene rings is 1. The van der Waals surface area contributed by atoms with Crippen molar-refractivity contribution >= 4 is 5.91 Å². The van der Waals surface area contributed by atoms with E-state index in [2.05, 4.69) is 11.8 Å². The van der Waals surface area contributed by atoms with Crippen LogP contribution in [0.1, 0.15) is 37.3 Å². The minimum Gasteiger partial charge on any atom is -0.342 e. The fraction of sp³-hybridized carbons (Fsp3) is 0.632. The Labute approximate surface area is 146 Å². The standard InChI is InChI=1S/C19H25F3N2O/c1-13-10-17(13)18(25)24-8-6-16(7-9-24)23(2)12-14-4-3-5-15(11-14)19(20,21)22/h3-5,11,13,16-17H,6-10,12H2,1-2H3. The lowest BCUT2D eigenvalue weighted by molar-refractivity contribution is -0.137. The molecule has 0 spiro atoms. The van der Waals surface area contributed by atoms with Crippen molar-refractivity contribution < 1.29 is 18.0 Å². The Bertz CT molecular complexity index is 623. The molecule has 3 rings (SSSR count). The monoisotopic (exact) mass is 354 g/mol. The van der Waals surface area contributed by atoms with Crippen molar-refractivity contribution in [1.29, 1.82) is 0 Å². The van der Waals surface area contributed by atoms with E-state index in [1.807, 2.05) is 11.9 Å². The number of likely N-dealkylation sites (tertiary alicyclic amines) is 1. The predicted molar refractivity (Wildman–Crippen MR) is 89.8 cm³/mol. The van der Waals surface area contributed by atoms with Gasteiger partial charge < -0.3 is 4.90 Å². The number of carbonyl (C=O) groups is 1. The second-order valence-electron chi connectivity index (χ2n) is 7.49. The fourth-order valence-corrected chi connectivity index (χ4v) is 3.69. The van der Waals surface area contributed by atoms with E-state index in [1.165, 1.54) is 12.1 Å². The van der Waals surface area contributed by atoms with Crippen LogP contribution in [0.25, 0.3) is 0 Å². The summed E-state index contributed by atoms with van der Waals surface area (Å²) in [6, 6.07) is 5.83. The van der Waals surface area contributed by atoms with Crippen LogP contribution in [0, 0.1) is 11.8 Å². The largest absolute Gasteiger partial charge is 0.416 e. The summed E-state index contributed by atoms with van der Waals surface area (Å²) in [5.41, 5.74) is 0.0694. The number of hydrogen-bond acceptors (Lipinski definition) is 2. The Balaban J connectivity index is 1.53. The van der Waals surface area contributed by atoms with Gasteiger partial charge in [-0.2, -0.15) is 13.2 Å². The maximum atomic E-state index is 12.8. The molecule has 25 heavy (non-hydrogen) atoms. The summed E-state index contributed by atoms with van der Waals surface area (Å²) in [5.74, 6) is 1.03. The Morgan fingerprint density at radius 1 is 1.28 bits per heavy atom. The first-order valence-electron chi connectivity index (χ1n) is 8.91. The molecule has 1 aromatic rings. The van der Waals surface area contributed by atoms with Gasteiger partial charge in [0.2, 0.25) is 5.91 Å². The molecule has 1 aromatic carbocycles. The van der Waals surface area contributed by atoms with Gasteiger partial charge in [0.25, 0.3) is 0 Å². The van der Waals surface area contributed by atoms with Crippen molar-refractivity contribution in [3.05, 3.63) is 35.4 Å². The molecule has 1 aliphatic heterocycles. The van der Waals surface area contributed by atoms with E-state index in [9.17, 15) is 18.0 Å². The van der Waals surface area contributed by atoms with Gasteiger partial charge in [0.15, 0.2) is 0 Å². The van der Waals surface area contributed by atoms with Gasteiger partial charge >= 0.3 is 6.18 Å².